The van der Waals surface area contributed by atoms with Crippen LogP contribution in [0.3, 0.4) is 0 Å². The average Bonchev–Trinajstić information content (AvgIpc) is 1.61. The van der Waals surface area contributed by atoms with Gasteiger partial charge in [-0.25, -0.2) is 9.98 Å². The molecule has 7 aliphatic rings. The summed E-state index contributed by atoms with van der Waals surface area (Å²) in [5.41, 5.74) is 25.3. The normalized spacial score (nSPS) is 17.7. The number of amidine groups is 2. The molecule has 3 fully saturated rings. The van der Waals surface area contributed by atoms with Gasteiger partial charge in [0.2, 0.25) is 35.4 Å². The van der Waals surface area contributed by atoms with E-state index >= 15 is 0 Å². The third-order valence-electron chi connectivity index (χ3n) is 21.4. The number of carboxylic acid groups (broad SMARTS) is 1. The van der Waals surface area contributed by atoms with Crippen LogP contribution < -0.4 is 43.8 Å². The molecule has 7 heterocycles. The lowest BCUT2D eigenvalue weighted by molar-refractivity contribution is -0.139. The number of Topliss-reactive ketones (excluding diaryl/α,β-unsaturated/α-hetero) is 1. The number of nitrogens with two attached hydrogens (primary N) is 3. The number of unbranched alkanes of at least 4 members (excludes halogenated alkanes) is 4. The van der Waals surface area contributed by atoms with Crippen molar-refractivity contribution < 1.29 is 72.2 Å². The molecule has 642 valence electrons. The number of aliphatic carboxylic acids is 1. The summed E-state index contributed by atoms with van der Waals surface area (Å²) in [6.07, 6.45) is 32.6. The van der Waals surface area contributed by atoms with Gasteiger partial charge in [0.25, 0.3) is 35.4 Å². The lowest BCUT2D eigenvalue weighted by Gasteiger charge is -2.30. The van der Waals surface area contributed by atoms with Gasteiger partial charge in [0.05, 0.1) is 35.1 Å². The zero-order valence-corrected chi connectivity index (χ0v) is 69.4. The van der Waals surface area contributed by atoms with Gasteiger partial charge in [0, 0.05) is 186 Å². The number of hydrogen-bond acceptors (Lipinski definition) is 21. The number of imide groups is 3. The molecule has 4 aromatic rings. The fourth-order valence-corrected chi connectivity index (χ4v) is 15.0. The number of amides is 12. The number of anilines is 2. The molecule has 5 aliphatic heterocycles. The highest BCUT2D eigenvalue weighted by atomic mass is 16.4. The maximum absolute atomic E-state index is 13.3. The lowest BCUT2D eigenvalue weighted by Crippen LogP contribution is -2.38. The minimum Gasteiger partial charge on any atom is -0.481 e. The van der Waals surface area contributed by atoms with Crippen molar-refractivity contribution in [1.82, 2.24) is 45.5 Å². The molecule has 0 atom stereocenters. The summed E-state index contributed by atoms with van der Waals surface area (Å²) in [7, 11) is 0. The first-order valence-electron chi connectivity index (χ1n) is 42.1. The zero-order valence-electron chi connectivity index (χ0n) is 69.4. The van der Waals surface area contributed by atoms with Crippen molar-refractivity contribution in [2.24, 2.45) is 50.9 Å². The number of nitrogens with one attached hydrogen (secondary N) is 5. The van der Waals surface area contributed by atoms with Crippen LogP contribution in [-0.2, 0) is 70.5 Å². The number of pyridine rings is 2. The van der Waals surface area contributed by atoms with Gasteiger partial charge >= 0.3 is 5.97 Å². The van der Waals surface area contributed by atoms with E-state index in [9.17, 15) is 67.1 Å². The number of aryl methyl sites for hydroxylation is 1. The summed E-state index contributed by atoms with van der Waals surface area (Å²) in [5.74, 6) is -1.40. The first-order chi connectivity index (χ1) is 57.7. The van der Waals surface area contributed by atoms with Crippen LogP contribution in [0.25, 0.3) is 12.2 Å². The molecule has 2 saturated carbocycles. The van der Waals surface area contributed by atoms with Gasteiger partial charge in [-0.1, -0.05) is 52.7 Å². The molecule has 0 unspecified atom stereocenters. The smallest absolute Gasteiger partial charge is 0.303 e. The van der Waals surface area contributed by atoms with Crippen LogP contribution in [-0.4, -0.2) is 181 Å². The van der Waals surface area contributed by atoms with Crippen LogP contribution >= 0.6 is 0 Å². The second-order valence-electron chi connectivity index (χ2n) is 31.1. The quantitative estimate of drug-likeness (QED) is 0.0151. The average molecular weight is 1650 g/mol. The Morgan fingerprint density at radius 3 is 1.28 bits per heavy atom. The highest BCUT2D eigenvalue weighted by Gasteiger charge is 2.34. The molecule has 120 heavy (non-hydrogen) atoms. The molecule has 31 nitrogen and oxygen atoms in total. The fraction of sp³-hybridized carbons (Fsp3) is 0.483. The molecular weight excluding hydrogens is 1530 g/mol. The molecule has 2 aromatic heterocycles. The highest BCUT2D eigenvalue weighted by molar-refractivity contribution is 6.14. The van der Waals surface area contributed by atoms with E-state index in [4.69, 9.17) is 22.3 Å². The molecular formula is C89H116N16O15. The largest absolute Gasteiger partial charge is 0.481 e. The van der Waals surface area contributed by atoms with E-state index in [0.717, 1.165) is 131 Å². The summed E-state index contributed by atoms with van der Waals surface area (Å²) in [6, 6.07) is 13.9. The minimum atomic E-state index is -0.783. The van der Waals surface area contributed by atoms with E-state index in [-0.39, 0.29) is 120 Å². The number of benzene rings is 2. The topological polar surface area (TPSA) is 461 Å². The molecule has 2 aromatic carbocycles. The van der Waals surface area contributed by atoms with Gasteiger partial charge in [-0.05, 0) is 181 Å². The maximum atomic E-state index is 13.3. The predicted octanol–water partition coefficient (Wildman–Crippen LogP) is 9.79. The molecule has 0 spiro atoms. The van der Waals surface area contributed by atoms with Gasteiger partial charge in [0.1, 0.15) is 17.5 Å². The van der Waals surface area contributed by atoms with Crippen molar-refractivity contribution in [1.29, 1.82) is 0 Å². The van der Waals surface area contributed by atoms with Gasteiger partial charge in [0.15, 0.2) is 0 Å². The number of aromatic nitrogens is 2. The van der Waals surface area contributed by atoms with Crippen molar-refractivity contribution in [3.8, 4) is 0 Å². The number of aliphatic imine (C=N–C) groups is 2. The van der Waals surface area contributed by atoms with Crippen molar-refractivity contribution in [2.45, 2.75) is 201 Å². The van der Waals surface area contributed by atoms with Gasteiger partial charge < -0.3 is 53.4 Å². The van der Waals surface area contributed by atoms with Gasteiger partial charge in [-0.15, -0.1) is 0 Å². The second kappa shape index (κ2) is 48.1. The van der Waals surface area contributed by atoms with E-state index in [1.54, 1.807) is 67.3 Å². The molecule has 11 rings (SSSR count). The van der Waals surface area contributed by atoms with Gasteiger partial charge in [-0.3, -0.25) is 92.2 Å². The Bertz CT molecular complexity index is 4510. The summed E-state index contributed by atoms with van der Waals surface area (Å²) >= 11 is 0. The number of carboxylic acids is 1. The first-order valence-corrected chi connectivity index (χ1v) is 42.1. The van der Waals surface area contributed by atoms with E-state index in [1.165, 1.54) is 34.1 Å². The van der Waals surface area contributed by atoms with Crippen LogP contribution in [0.15, 0.2) is 119 Å². The third kappa shape index (κ3) is 29.8. The number of nitrogens with zero attached hydrogens (tertiary/aromatic N) is 8. The summed E-state index contributed by atoms with van der Waals surface area (Å²) < 4.78 is 0. The van der Waals surface area contributed by atoms with Crippen molar-refractivity contribution >= 4 is 129 Å². The second-order valence-corrected chi connectivity index (χ2v) is 31.1. The number of rotatable bonds is 36. The summed E-state index contributed by atoms with van der Waals surface area (Å²) in [6.45, 7) is 13.3. The van der Waals surface area contributed by atoms with Crippen molar-refractivity contribution in [3.63, 3.8) is 0 Å². The molecule has 31 heteroatoms. The van der Waals surface area contributed by atoms with E-state index in [1.807, 2.05) is 41.9 Å². The number of carbonyl (C=O) groups excluding carboxylic acids is 13. The van der Waals surface area contributed by atoms with Gasteiger partial charge in [-0.2, -0.15) is 0 Å². The SMILES string of the molecule is CCCN(CCC)C(=O)C1=Cc2ccc(C(=O)Nc3cncc(CCC(=O)CCCCCNC(=O)C4CCC(CN5C(=O)C=CC5=O)CC4)c3)cc2N=C(N)C1.CCCN(CCC)C(=O)C1=Cc2ccc(C(=O)Nc3cncc(CN)c3)cc2N=C(N)C1.O=C(O)CCCCCNC(=O)C1CCC(CN2C(=O)C=CC2=O)CC1.O=C1CCC(=O)N1. The van der Waals surface area contributed by atoms with E-state index in [2.05, 4.69) is 60.4 Å². The van der Waals surface area contributed by atoms with Crippen molar-refractivity contribution in [3.05, 3.63) is 142 Å². The first kappa shape index (κ1) is 93.5. The fourth-order valence-electron chi connectivity index (χ4n) is 15.0. The third-order valence-corrected chi connectivity index (χ3v) is 21.4. The number of ketones is 1. The predicted molar refractivity (Wildman–Crippen MR) is 456 cm³/mol. The van der Waals surface area contributed by atoms with Crippen LogP contribution in [0.1, 0.15) is 231 Å². The molecule has 2 aliphatic carbocycles. The Morgan fingerprint density at radius 2 is 0.900 bits per heavy atom. The zero-order chi connectivity index (χ0) is 86.6. The lowest BCUT2D eigenvalue weighted by atomic mass is 9.81. The van der Waals surface area contributed by atoms with Crippen LogP contribution in [0.4, 0.5) is 22.7 Å². The van der Waals surface area contributed by atoms with Crippen LogP contribution in [0, 0.1) is 23.7 Å². The Morgan fingerprint density at radius 1 is 0.500 bits per heavy atom. The molecule has 0 bridgehead atoms. The molecule has 0 radical (unpaired) electrons. The number of fused-ring (bicyclic) bond motifs is 2. The highest BCUT2D eigenvalue weighted by Crippen LogP contribution is 2.34. The Hall–Kier alpha value is -12.0. The minimum absolute atomic E-state index is 0.00150. The standard InChI is InChI=1S/C43H55N7O6.C24H30N6O2.C18H26N2O5.C4H5NO2/c1-3-20-49(21-4-2)43(56)34-23-32-14-15-33(24-37(32)48-38(44)25-34)42(55)47-35-22-30(26-45-27-35)11-16-36(51)8-6-5-7-19-46-41(54)31-12-9-29(10-13-31)28-50-39(52)17-18-40(50)53;1-3-7-30(8-4-2)24(32)19-10-17-5-6-18(11-21(17)29-22(26)12-19)23(31)28-20-9-16(13-25)14-27-15-20;21-15-9-10-16(22)20(15)12-13-5-7-14(8-6-13)18(25)19-11-3-1-2-4-17(23)24;6-3-1-2-4(7)5-3/h14-15,17-18,22-24,26-27,29,31H,3-13,16,19-21,25,28H2,1-2H3,(H2,44,48)(H,46,54)(H,47,55);5-6,9-11,14-15H,3-4,7-8,12-13,25H2,1-2H3,(H2,26,29)(H,28,31);9-10,13-14H,1-8,11-12H2,(H,19,25)(H,23,24);1-2H2,(H,5,6,7). The Kier molecular flexibility index (Phi) is 37.5. The molecule has 12 N–H and O–H groups in total. The van der Waals surface area contributed by atoms with Crippen LogP contribution in [0.5, 0.6) is 0 Å². The number of hydrogen-bond donors (Lipinski definition) is 9. The Balaban J connectivity index is 0.000000234. The van der Waals surface area contributed by atoms with Crippen molar-refractivity contribution in [2.75, 3.05) is 63.0 Å². The summed E-state index contributed by atoms with van der Waals surface area (Å²) in [5, 5.41) is 22.4. The molecule has 12 amide bonds. The Labute approximate surface area is 700 Å². The van der Waals surface area contributed by atoms with E-state index < -0.39 is 5.97 Å². The molecule has 1 saturated heterocycles. The monoisotopic (exact) mass is 1650 g/mol. The van der Waals surface area contributed by atoms with E-state index in [0.29, 0.717) is 154 Å². The number of carbonyl (C=O) groups is 14. The summed E-state index contributed by atoms with van der Waals surface area (Å²) in [4.78, 5) is 191. The maximum Gasteiger partial charge on any atom is 0.303 e. The van der Waals surface area contributed by atoms with Crippen LogP contribution in [0.2, 0.25) is 0 Å².